The molecule has 10 heteroatoms. The molecule has 0 saturated carbocycles. The molecule has 1 aliphatic heterocycles. The highest BCUT2D eigenvalue weighted by Gasteiger charge is 2.44. The van der Waals surface area contributed by atoms with Crippen LogP contribution in [0.5, 0.6) is 28.7 Å². The van der Waals surface area contributed by atoms with E-state index in [-0.39, 0.29) is 11.8 Å². The maximum absolute atomic E-state index is 14.0. The summed E-state index contributed by atoms with van der Waals surface area (Å²) in [5.41, 5.74) is 1.40. The number of likely N-dealkylation sites (N-methyl/N-ethyl adjacent to an activating group) is 1. The van der Waals surface area contributed by atoms with Gasteiger partial charge >= 0.3 is 0 Å². The van der Waals surface area contributed by atoms with Crippen LogP contribution in [0.15, 0.2) is 41.8 Å². The lowest BCUT2D eigenvalue weighted by molar-refractivity contribution is -0.119. The minimum absolute atomic E-state index is 0.207. The lowest BCUT2D eigenvalue weighted by Crippen LogP contribution is -2.43. The van der Waals surface area contributed by atoms with Gasteiger partial charge in [-0.25, -0.2) is 0 Å². The van der Waals surface area contributed by atoms with Crippen LogP contribution in [0.2, 0.25) is 0 Å². The van der Waals surface area contributed by atoms with Gasteiger partial charge in [0.2, 0.25) is 11.7 Å². The Labute approximate surface area is 213 Å². The first-order chi connectivity index (χ1) is 17.4. The van der Waals surface area contributed by atoms with Crippen LogP contribution in [0.1, 0.15) is 32.8 Å². The molecule has 2 amide bonds. The standard InChI is InChI=1S/C26H28N2O7S/c1-28-23(21-8-7-9-36-21)22(15-12-17(31-2)18(32-3)13-16(15)26(28)30)25(29)27-14-10-19(33-4)24(35-6)20(11-14)34-5/h7-13,22-23H,1-6H3,(H,27,29)/t22-,23-/m0/s1. The van der Waals surface area contributed by atoms with Crippen molar-refractivity contribution in [1.82, 2.24) is 4.90 Å². The molecule has 190 valence electrons. The lowest BCUT2D eigenvalue weighted by Gasteiger charge is -2.39. The van der Waals surface area contributed by atoms with Crippen LogP contribution in [-0.4, -0.2) is 59.3 Å². The molecule has 0 bridgehead atoms. The molecule has 1 aromatic heterocycles. The summed E-state index contributed by atoms with van der Waals surface area (Å²) in [6.07, 6.45) is 0. The van der Waals surface area contributed by atoms with Gasteiger partial charge in [0.05, 0.1) is 47.5 Å². The molecular weight excluding hydrogens is 484 g/mol. The largest absolute Gasteiger partial charge is 0.493 e. The third-order valence-electron chi connectivity index (χ3n) is 6.22. The van der Waals surface area contributed by atoms with Gasteiger partial charge < -0.3 is 33.9 Å². The first-order valence-electron chi connectivity index (χ1n) is 11.1. The van der Waals surface area contributed by atoms with E-state index in [2.05, 4.69) is 5.32 Å². The highest BCUT2D eigenvalue weighted by Crippen LogP contribution is 2.47. The van der Waals surface area contributed by atoms with E-state index < -0.39 is 12.0 Å². The predicted octanol–water partition coefficient (Wildman–Crippen LogP) is 4.34. The van der Waals surface area contributed by atoms with Gasteiger partial charge in [0.1, 0.15) is 0 Å². The minimum Gasteiger partial charge on any atom is -0.493 e. The Morgan fingerprint density at radius 2 is 1.50 bits per heavy atom. The van der Waals surface area contributed by atoms with Crippen LogP contribution < -0.4 is 29.0 Å². The molecular formula is C26H28N2O7S. The van der Waals surface area contributed by atoms with Gasteiger partial charge in [0.15, 0.2) is 23.0 Å². The quantitative estimate of drug-likeness (QED) is 0.480. The van der Waals surface area contributed by atoms with Crippen LogP contribution in [0.25, 0.3) is 0 Å². The second-order valence-electron chi connectivity index (χ2n) is 8.05. The molecule has 0 radical (unpaired) electrons. The Morgan fingerprint density at radius 1 is 0.889 bits per heavy atom. The second kappa shape index (κ2) is 10.4. The number of nitrogens with zero attached hydrogens (tertiary/aromatic N) is 1. The minimum atomic E-state index is -0.736. The third kappa shape index (κ3) is 4.28. The number of thiophene rings is 1. The zero-order valence-electron chi connectivity index (χ0n) is 20.9. The Hall–Kier alpha value is -3.92. The monoisotopic (exact) mass is 512 g/mol. The van der Waals surface area contributed by atoms with Crippen molar-refractivity contribution in [1.29, 1.82) is 0 Å². The molecule has 1 N–H and O–H groups in total. The molecule has 2 aromatic carbocycles. The fourth-order valence-corrected chi connectivity index (χ4v) is 5.42. The summed E-state index contributed by atoms with van der Waals surface area (Å²) in [7, 11) is 9.25. The van der Waals surface area contributed by atoms with E-state index >= 15 is 0 Å². The summed E-state index contributed by atoms with van der Waals surface area (Å²) in [6, 6.07) is 9.95. The smallest absolute Gasteiger partial charge is 0.254 e. The van der Waals surface area contributed by atoms with E-state index in [0.29, 0.717) is 45.6 Å². The van der Waals surface area contributed by atoms with Crippen molar-refractivity contribution in [2.75, 3.05) is 47.9 Å². The van der Waals surface area contributed by atoms with E-state index in [9.17, 15) is 9.59 Å². The van der Waals surface area contributed by atoms with Crippen LogP contribution >= 0.6 is 11.3 Å². The van der Waals surface area contributed by atoms with Gasteiger partial charge in [-0.05, 0) is 29.1 Å². The maximum Gasteiger partial charge on any atom is 0.254 e. The van der Waals surface area contributed by atoms with Crippen molar-refractivity contribution in [3.63, 3.8) is 0 Å². The number of ether oxygens (including phenoxy) is 5. The van der Waals surface area contributed by atoms with Crippen LogP contribution in [-0.2, 0) is 4.79 Å². The van der Waals surface area contributed by atoms with E-state index in [1.165, 1.54) is 46.9 Å². The number of nitrogens with one attached hydrogen (secondary N) is 1. The molecule has 0 fully saturated rings. The Kier molecular flexibility index (Phi) is 7.25. The second-order valence-corrected chi connectivity index (χ2v) is 9.03. The van der Waals surface area contributed by atoms with Crippen LogP contribution in [0.4, 0.5) is 5.69 Å². The number of fused-ring (bicyclic) bond motifs is 1. The highest BCUT2D eigenvalue weighted by atomic mass is 32.1. The number of rotatable bonds is 8. The molecule has 3 aromatic rings. The molecule has 2 heterocycles. The SMILES string of the molecule is COc1cc2c(cc1OC)[C@H](C(=O)Nc1cc(OC)c(OC)c(OC)c1)[C@H](c1cccs1)N(C)C2=O. The Bertz CT molecular complexity index is 1250. The molecule has 0 saturated heterocycles. The average molecular weight is 513 g/mol. The van der Waals surface area contributed by atoms with Crippen molar-refractivity contribution in [2.24, 2.45) is 0 Å². The third-order valence-corrected chi connectivity index (χ3v) is 7.17. The topological polar surface area (TPSA) is 95.6 Å². The summed E-state index contributed by atoms with van der Waals surface area (Å²) in [5, 5.41) is 4.91. The fraction of sp³-hybridized carbons (Fsp3) is 0.308. The average Bonchev–Trinajstić information content (AvgIpc) is 3.43. The maximum atomic E-state index is 14.0. The normalized spacial score (nSPS) is 16.7. The van der Waals surface area contributed by atoms with Crippen molar-refractivity contribution in [3.8, 4) is 28.7 Å². The molecule has 36 heavy (non-hydrogen) atoms. The number of amides is 2. The highest BCUT2D eigenvalue weighted by molar-refractivity contribution is 7.10. The predicted molar refractivity (Wildman–Crippen MR) is 136 cm³/mol. The summed E-state index contributed by atoms with van der Waals surface area (Å²) >= 11 is 1.49. The molecule has 4 rings (SSSR count). The van der Waals surface area contributed by atoms with Crippen molar-refractivity contribution in [2.45, 2.75) is 12.0 Å². The van der Waals surface area contributed by atoms with E-state index in [1.807, 2.05) is 17.5 Å². The van der Waals surface area contributed by atoms with Gasteiger partial charge in [-0.3, -0.25) is 9.59 Å². The van der Waals surface area contributed by atoms with Crippen LogP contribution in [0, 0.1) is 0 Å². The molecule has 0 aliphatic carbocycles. The van der Waals surface area contributed by atoms with Gasteiger partial charge in [-0.15, -0.1) is 11.3 Å². The first-order valence-corrected chi connectivity index (χ1v) is 11.9. The van der Waals surface area contributed by atoms with Gasteiger partial charge in [0.25, 0.3) is 5.91 Å². The summed E-state index contributed by atoms with van der Waals surface area (Å²) in [5.74, 6) is 0.825. The molecule has 1 aliphatic rings. The molecule has 0 unspecified atom stereocenters. The Morgan fingerprint density at radius 3 is 2.03 bits per heavy atom. The Balaban J connectivity index is 1.84. The fourth-order valence-electron chi connectivity index (χ4n) is 4.52. The summed E-state index contributed by atoms with van der Waals surface area (Å²) < 4.78 is 27.2. The van der Waals surface area contributed by atoms with Gasteiger partial charge in [0, 0.05) is 35.3 Å². The van der Waals surface area contributed by atoms with E-state index in [4.69, 9.17) is 23.7 Å². The first kappa shape index (κ1) is 25.2. The van der Waals surface area contributed by atoms with E-state index in [0.717, 1.165) is 4.88 Å². The number of anilines is 1. The lowest BCUT2D eigenvalue weighted by atomic mass is 9.81. The van der Waals surface area contributed by atoms with Crippen molar-refractivity contribution < 1.29 is 33.3 Å². The van der Waals surface area contributed by atoms with Gasteiger partial charge in [-0.2, -0.15) is 0 Å². The number of carbonyl (C=O) groups excluding carboxylic acids is 2. The van der Waals surface area contributed by atoms with Crippen molar-refractivity contribution >= 4 is 28.8 Å². The number of benzene rings is 2. The number of carbonyl (C=O) groups is 2. The zero-order valence-corrected chi connectivity index (χ0v) is 21.7. The number of hydrogen-bond donors (Lipinski definition) is 1. The summed E-state index contributed by atoms with van der Waals surface area (Å²) in [4.78, 5) is 29.9. The zero-order chi connectivity index (χ0) is 26.0. The molecule has 0 spiro atoms. The van der Waals surface area contributed by atoms with Gasteiger partial charge in [-0.1, -0.05) is 6.07 Å². The van der Waals surface area contributed by atoms with Crippen LogP contribution in [0.3, 0.4) is 0 Å². The summed E-state index contributed by atoms with van der Waals surface area (Å²) in [6.45, 7) is 0. The van der Waals surface area contributed by atoms with Crippen molar-refractivity contribution in [3.05, 3.63) is 57.8 Å². The van der Waals surface area contributed by atoms with E-state index in [1.54, 1.807) is 36.2 Å². The number of methoxy groups -OCH3 is 5. The number of hydrogen-bond acceptors (Lipinski definition) is 8. The molecule has 9 nitrogen and oxygen atoms in total. The molecule has 2 atom stereocenters.